The fourth-order valence-electron chi connectivity index (χ4n) is 3.81. The van der Waals surface area contributed by atoms with Gasteiger partial charge in [-0.05, 0) is 19.3 Å². The van der Waals surface area contributed by atoms with Crippen LogP contribution in [-0.4, -0.2) is 19.6 Å². The summed E-state index contributed by atoms with van der Waals surface area (Å²) in [5.74, 6) is 0.0210. The van der Waals surface area contributed by atoms with Crippen molar-refractivity contribution >= 4 is 10.4 Å². The van der Waals surface area contributed by atoms with E-state index in [1.54, 1.807) is 0 Å². The molecule has 4 nitrogen and oxygen atoms in total. The Kier molecular flexibility index (Phi) is 27.5. The summed E-state index contributed by atoms with van der Waals surface area (Å²) in [6.45, 7) is 4.43. The first-order valence-electron chi connectivity index (χ1n) is 12.8. The van der Waals surface area contributed by atoms with E-state index in [-0.39, 0.29) is 42.1 Å². The largest absolute Gasteiger partial charge is 1.00 e. The van der Waals surface area contributed by atoms with E-state index in [1.807, 2.05) is 0 Å². The summed E-state index contributed by atoms with van der Waals surface area (Å²) < 4.78 is 36.8. The fraction of sp³-hybridized carbons (Fsp3) is 0.920. The summed E-state index contributed by atoms with van der Waals surface area (Å²) in [6.07, 6.45) is 28.1. The molecule has 0 N–H and O–H groups in total. The van der Waals surface area contributed by atoms with E-state index in [1.165, 1.54) is 96.3 Å². The molecule has 0 bridgehead atoms. The van der Waals surface area contributed by atoms with Crippen molar-refractivity contribution in [2.24, 2.45) is 5.92 Å². The quantitative estimate of drug-likeness (QED) is 0.0689. The number of allylic oxidation sites excluding steroid dienone is 1. The van der Waals surface area contributed by atoms with Crippen LogP contribution in [0.1, 0.15) is 136 Å². The molecular weight excluding hydrogens is 419 g/mol. The maximum atomic E-state index is 10.8. The summed E-state index contributed by atoms with van der Waals surface area (Å²) in [5, 5.41) is 0. The molecule has 1 unspecified atom stereocenters. The average molecular weight is 469 g/mol. The van der Waals surface area contributed by atoms with Crippen LogP contribution in [0.25, 0.3) is 0 Å². The monoisotopic (exact) mass is 468 g/mol. The fourth-order valence-corrected chi connectivity index (χ4v) is 4.15. The van der Waals surface area contributed by atoms with E-state index in [4.69, 9.17) is 0 Å². The molecule has 0 saturated heterocycles. The number of unbranched alkanes of at least 4 members (excludes halogenated alkanes) is 16. The van der Waals surface area contributed by atoms with Gasteiger partial charge in [-0.15, -0.1) is 0 Å². The molecule has 0 rings (SSSR count). The molecule has 31 heavy (non-hydrogen) atoms. The Bertz CT molecular complexity index is 480. The van der Waals surface area contributed by atoms with Crippen LogP contribution in [0.15, 0.2) is 12.2 Å². The normalized spacial score (nSPS) is 12.9. The topological polar surface area (TPSA) is 66.4 Å². The third-order valence-corrected chi connectivity index (χ3v) is 6.16. The number of hydrogen-bond donors (Lipinski definition) is 0. The van der Waals surface area contributed by atoms with Crippen molar-refractivity contribution in [2.45, 2.75) is 136 Å². The Labute approximate surface area is 216 Å². The maximum Gasteiger partial charge on any atom is 1.00 e. The van der Waals surface area contributed by atoms with Gasteiger partial charge in [-0.25, -0.2) is 8.42 Å². The zero-order valence-electron chi connectivity index (χ0n) is 20.9. The second-order valence-electron chi connectivity index (χ2n) is 8.76. The van der Waals surface area contributed by atoms with Gasteiger partial charge in [0.05, 0.1) is 6.61 Å². The Morgan fingerprint density at radius 3 is 1.58 bits per heavy atom. The Morgan fingerprint density at radius 2 is 1.13 bits per heavy atom. The second-order valence-corrected chi connectivity index (χ2v) is 9.81. The number of hydrogen-bond acceptors (Lipinski definition) is 4. The van der Waals surface area contributed by atoms with Crippen molar-refractivity contribution in [2.75, 3.05) is 6.61 Å². The van der Waals surface area contributed by atoms with Crippen LogP contribution in [0.5, 0.6) is 0 Å². The third-order valence-electron chi connectivity index (χ3n) is 5.74. The van der Waals surface area contributed by atoms with Gasteiger partial charge in [0.25, 0.3) is 0 Å². The van der Waals surface area contributed by atoms with E-state index in [2.05, 4.69) is 30.2 Å². The van der Waals surface area contributed by atoms with Crippen LogP contribution >= 0.6 is 0 Å². The molecule has 0 aromatic carbocycles. The first-order valence-corrected chi connectivity index (χ1v) is 14.1. The Balaban J connectivity index is 0. The van der Waals surface area contributed by atoms with Gasteiger partial charge < -0.3 is 4.55 Å². The van der Waals surface area contributed by atoms with Gasteiger partial charge in [0.2, 0.25) is 10.4 Å². The minimum Gasteiger partial charge on any atom is -0.726 e. The molecule has 0 aliphatic rings. The third kappa shape index (κ3) is 28.6. The maximum absolute atomic E-state index is 10.8. The van der Waals surface area contributed by atoms with Gasteiger partial charge in [0.1, 0.15) is 0 Å². The predicted molar refractivity (Wildman–Crippen MR) is 127 cm³/mol. The molecule has 0 aromatic heterocycles. The van der Waals surface area contributed by atoms with E-state index >= 15 is 0 Å². The summed E-state index contributed by atoms with van der Waals surface area (Å²) in [4.78, 5) is 0. The van der Waals surface area contributed by atoms with Crippen molar-refractivity contribution < 1.29 is 46.7 Å². The van der Waals surface area contributed by atoms with Crippen LogP contribution in [0.4, 0.5) is 0 Å². The molecule has 0 fully saturated rings. The molecule has 6 heteroatoms. The standard InChI is InChI=1S/C25H50O4S.Na/c1-3-5-7-9-10-11-12-13-14-15-16-17-19-21-23-25(24-29-30(26,27)28)22-20-18-8-6-4-2;/h21,23,25H,3-20,22,24H2,1-2H3,(H,26,27,28);/q;+1/p-1/b23-21+;. The van der Waals surface area contributed by atoms with Gasteiger partial charge in [-0.3, -0.25) is 4.18 Å². The van der Waals surface area contributed by atoms with Crippen molar-refractivity contribution in [3.8, 4) is 0 Å². The van der Waals surface area contributed by atoms with E-state index < -0.39 is 10.4 Å². The first kappa shape index (κ1) is 33.8. The second kappa shape index (κ2) is 25.2. The van der Waals surface area contributed by atoms with Crippen molar-refractivity contribution in [3.63, 3.8) is 0 Å². The molecule has 0 spiro atoms. The molecule has 0 aliphatic heterocycles. The van der Waals surface area contributed by atoms with Crippen LogP contribution in [-0.2, 0) is 14.6 Å². The zero-order valence-corrected chi connectivity index (χ0v) is 23.7. The van der Waals surface area contributed by atoms with Gasteiger partial charge >= 0.3 is 29.6 Å². The van der Waals surface area contributed by atoms with Crippen LogP contribution < -0.4 is 29.6 Å². The van der Waals surface area contributed by atoms with Crippen LogP contribution in [0.2, 0.25) is 0 Å². The molecule has 0 aliphatic carbocycles. The first-order chi connectivity index (χ1) is 14.5. The minimum atomic E-state index is -4.60. The molecule has 0 heterocycles. The molecule has 0 saturated carbocycles. The van der Waals surface area contributed by atoms with E-state index in [0.29, 0.717) is 0 Å². The van der Waals surface area contributed by atoms with Gasteiger partial charge in [-0.2, -0.15) is 0 Å². The van der Waals surface area contributed by atoms with Gasteiger partial charge in [0.15, 0.2) is 0 Å². The summed E-state index contributed by atoms with van der Waals surface area (Å²) in [5.41, 5.74) is 0. The van der Waals surface area contributed by atoms with Gasteiger partial charge in [-0.1, -0.05) is 129 Å². The van der Waals surface area contributed by atoms with Crippen LogP contribution in [0.3, 0.4) is 0 Å². The average Bonchev–Trinajstić information content (AvgIpc) is 2.70. The van der Waals surface area contributed by atoms with E-state index in [9.17, 15) is 13.0 Å². The Hall–Kier alpha value is 0.610. The molecule has 180 valence electrons. The number of rotatable bonds is 23. The van der Waals surface area contributed by atoms with Crippen molar-refractivity contribution in [3.05, 3.63) is 12.2 Å². The van der Waals surface area contributed by atoms with Crippen molar-refractivity contribution in [1.82, 2.24) is 0 Å². The predicted octanol–water partition coefficient (Wildman–Crippen LogP) is 5.09. The molecule has 0 radical (unpaired) electrons. The SMILES string of the molecule is CCCCCCCCCCCCCC/C=C/C(CCCCCCC)COS(=O)(=O)[O-].[Na+]. The minimum absolute atomic E-state index is 0. The van der Waals surface area contributed by atoms with E-state index in [0.717, 1.165) is 25.7 Å². The molecule has 0 aromatic rings. The molecule has 1 atom stereocenters. The summed E-state index contributed by atoms with van der Waals surface area (Å²) >= 11 is 0. The summed E-state index contributed by atoms with van der Waals surface area (Å²) in [6, 6.07) is 0. The van der Waals surface area contributed by atoms with Crippen LogP contribution in [0, 0.1) is 5.92 Å². The summed E-state index contributed by atoms with van der Waals surface area (Å²) in [7, 11) is -4.60. The zero-order chi connectivity index (χ0) is 22.3. The van der Waals surface area contributed by atoms with Crippen molar-refractivity contribution in [1.29, 1.82) is 0 Å². The Morgan fingerprint density at radius 1 is 0.710 bits per heavy atom. The molecular formula is C25H49NaO4S. The van der Waals surface area contributed by atoms with Gasteiger partial charge in [0, 0.05) is 5.92 Å². The smallest absolute Gasteiger partial charge is 0.726 e. The molecule has 0 amide bonds.